The molecular weight excluding hydrogens is 341 g/mol. The fourth-order valence-corrected chi connectivity index (χ4v) is 3.37. The van der Waals surface area contributed by atoms with Gasteiger partial charge >= 0.3 is 5.97 Å². The number of piperazine rings is 1. The van der Waals surface area contributed by atoms with E-state index in [4.69, 9.17) is 0 Å². The molecule has 0 spiro atoms. The summed E-state index contributed by atoms with van der Waals surface area (Å²) in [6.07, 6.45) is 3.12. The molecule has 0 radical (unpaired) electrons. The average molecular weight is 359 g/mol. The number of anilines is 1. The first-order chi connectivity index (χ1) is 12.4. The predicted molar refractivity (Wildman–Crippen MR) is 93.2 cm³/mol. The van der Waals surface area contributed by atoms with Crippen LogP contribution in [-0.2, 0) is 4.79 Å². The van der Waals surface area contributed by atoms with Gasteiger partial charge in [0.05, 0.1) is 17.7 Å². The lowest BCUT2D eigenvalue weighted by molar-refractivity contribution is -0.129. The number of carboxylic acids is 1. The second kappa shape index (κ2) is 5.82. The molecular formula is C18H18FN3O4. The zero-order chi connectivity index (χ0) is 18.6. The van der Waals surface area contributed by atoms with Gasteiger partial charge in [-0.1, -0.05) is 0 Å². The van der Waals surface area contributed by atoms with Gasteiger partial charge in [0.25, 0.3) is 0 Å². The van der Waals surface area contributed by atoms with E-state index in [2.05, 4.69) is 0 Å². The number of nitrogens with zero attached hydrogens (tertiary/aromatic N) is 3. The summed E-state index contributed by atoms with van der Waals surface area (Å²) >= 11 is 0. The molecule has 1 aromatic heterocycles. The highest BCUT2D eigenvalue weighted by atomic mass is 19.1. The van der Waals surface area contributed by atoms with Gasteiger partial charge in [-0.2, -0.15) is 0 Å². The summed E-state index contributed by atoms with van der Waals surface area (Å²) in [6.45, 7) is 1.05. The fourth-order valence-electron chi connectivity index (χ4n) is 3.37. The van der Waals surface area contributed by atoms with Crippen LogP contribution >= 0.6 is 0 Å². The topological polar surface area (TPSA) is 82.8 Å². The molecule has 2 fully saturated rings. The van der Waals surface area contributed by atoms with Crippen molar-refractivity contribution in [2.75, 3.05) is 31.6 Å². The second-order valence-electron chi connectivity index (χ2n) is 6.87. The minimum absolute atomic E-state index is 0.0542. The summed E-state index contributed by atoms with van der Waals surface area (Å²) in [4.78, 5) is 39.0. The molecule has 0 atom stereocenters. The van der Waals surface area contributed by atoms with Crippen LogP contribution < -0.4 is 10.3 Å². The third kappa shape index (κ3) is 2.61. The van der Waals surface area contributed by atoms with Gasteiger partial charge in [-0.05, 0) is 25.0 Å². The van der Waals surface area contributed by atoms with Crippen LogP contribution in [0.1, 0.15) is 29.2 Å². The van der Waals surface area contributed by atoms with Crippen LogP contribution in [0.15, 0.2) is 23.1 Å². The average Bonchev–Trinajstić information content (AvgIpc) is 3.42. The number of benzene rings is 1. The number of halogens is 1. The summed E-state index contributed by atoms with van der Waals surface area (Å²) in [7, 11) is 1.70. The maximum absolute atomic E-state index is 14.7. The van der Waals surface area contributed by atoms with Gasteiger partial charge in [0.15, 0.2) is 0 Å². The van der Waals surface area contributed by atoms with Crippen molar-refractivity contribution in [2.45, 2.75) is 18.9 Å². The highest BCUT2D eigenvalue weighted by molar-refractivity contribution is 5.94. The molecule has 1 aliphatic carbocycles. The van der Waals surface area contributed by atoms with E-state index in [1.807, 2.05) is 0 Å². The van der Waals surface area contributed by atoms with Crippen LogP contribution in [0.2, 0.25) is 0 Å². The number of carbonyl (C=O) groups is 2. The van der Waals surface area contributed by atoms with Gasteiger partial charge in [-0.25, -0.2) is 9.18 Å². The number of rotatable bonds is 3. The number of amides is 1. The smallest absolute Gasteiger partial charge is 0.341 e. The van der Waals surface area contributed by atoms with Gasteiger partial charge in [0, 0.05) is 37.8 Å². The minimum atomic E-state index is -1.32. The molecule has 0 unspecified atom stereocenters. The first-order valence-electron chi connectivity index (χ1n) is 8.47. The SMILES string of the molecule is CN1CCN(c2cc3c(cc2F)c(=O)c(C(=O)O)cn3C2CC2)CC1=O. The lowest BCUT2D eigenvalue weighted by Crippen LogP contribution is -2.48. The lowest BCUT2D eigenvalue weighted by atomic mass is 10.1. The number of aromatic nitrogens is 1. The molecule has 1 saturated carbocycles. The van der Waals surface area contributed by atoms with Crippen molar-refractivity contribution in [3.8, 4) is 0 Å². The van der Waals surface area contributed by atoms with E-state index in [1.54, 1.807) is 27.5 Å². The van der Waals surface area contributed by atoms with Crippen molar-refractivity contribution in [3.63, 3.8) is 0 Å². The molecule has 1 aromatic carbocycles. The van der Waals surface area contributed by atoms with Crippen molar-refractivity contribution < 1.29 is 19.1 Å². The molecule has 2 heterocycles. The number of aromatic carboxylic acids is 1. The standard InChI is InChI=1S/C18H18FN3O4/c1-20-4-5-21(9-16(20)23)15-7-14-11(6-13(15)19)17(24)12(18(25)26)8-22(14)10-2-3-10/h6-8,10H,2-5,9H2,1H3,(H,25,26). The van der Waals surface area contributed by atoms with E-state index < -0.39 is 17.2 Å². The van der Waals surface area contributed by atoms with Gasteiger partial charge in [0.2, 0.25) is 11.3 Å². The Bertz CT molecular complexity index is 996. The molecule has 4 rings (SSSR count). The summed E-state index contributed by atoms with van der Waals surface area (Å²) in [6, 6.07) is 2.78. The van der Waals surface area contributed by atoms with Gasteiger partial charge < -0.3 is 19.5 Å². The van der Waals surface area contributed by atoms with E-state index in [0.29, 0.717) is 18.6 Å². The molecule has 8 heteroatoms. The fraction of sp³-hybridized carbons (Fsp3) is 0.389. The third-order valence-corrected chi connectivity index (χ3v) is 5.07. The molecule has 1 saturated heterocycles. The molecule has 0 bridgehead atoms. The first-order valence-corrected chi connectivity index (χ1v) is 8.47. The van der Waals surface area contributed by atoms with Gasteiger partial charge in [-0.3, -0.25) is 9.59 Å². The maximum atomic E-state index is 14.7. The van der Waals surface area contributed by atoms with Crippen LogP contribution in [0.3, 0.4) is 0 Å². The Hall–Kier alpha value is -2.90. The van der Waals surface area contributed by atoms with Crippen LogP contribution in [0.25, 0.3) is 10.9 Å². The Balaban J connectivity index is 1.90. The summed E-state index contributed by atoms with van der Waals surface area (Å²) in [5.41, 5.74) is -0.281. The number of pyridine rings is 1. The third-order valence-electron chi connectivity index (χ3n) is 5.07. The Morgan fingerprint density at radius 1 is 1.23 bits per heavy atom. The maximum Gasteiger partial charge on any atom is 0.341 e. The monoisotopic (exact) mass is 359 g/mol. The van der Waals surface area contributed by atoms with E-state index in [-0.39, 0.29) is 35.1 Å². The quantitative estimate of drug-likeness (QED) is 0.897. The number of fused-ring (bicyclic) bond motifs is 1. The molecule has 1 aliphatic heterocycles. The van der Waals surface area contributed by atoms with Crippen LogP contribution in [0.5, 0.6) is 0 Å². The highest BCUT2D eigenvalue weighted by Crippen LogP contribution is 2.38. The van der Waals surface area contributed by atoms with E-state index >= 15 is 0 Å². The van der Waals surface area contributed by atoms with Crippen molar-refractivity contribution in [1.29, 1.82) is 0 Å². The minimum Gasteiger partial charge on any atom is -0.477 e. The van der Waals surface area contributed by atoms with Crippen molar-refractivity contribution >= 4 is 28.5 Å². The Morgan fingerprint density at radius 3 is 2.58 bits per heavy atom. The number of likely N-dealkylation sites (N-methyl/N-ethyl adjacent to an activating group) is 1. The van der Waals surface area contributed by atoms with Crippen molar-refractivity contribution in [3.05, 3.63) is 39.9 Å². The molecule has 26 heavy (non-hydrogen) atoms. The van der Waals surface area contributed by atoms with E-state index in [9.17, 15) is 23.9 Å². The Morgan fingerprint density at radius 2 is 1.96 bits per heavy atom. The molecule has 2 aliphatic rings. The number of hydrogen-bond donors (Lipinski definition) is 1. The van der Waals surface area contributed by atoms with Gasteiger partial charge in [0.1, 0.15) is 11.4 Å². The predicted octanol–water partition coefficient (Wildman–Crippen LogP) is 1.45. The Kier molecular flexibility index (Phi) is 3.71. The highest BCUT2D eigenvalue weighted by Gasteiger charge is 2.29. The van der Waals surface area contributed by atoms with Crippen molar-refractivity contribution in [2.24, 2.45) is 0 Å². The molecule has 2 aromatic rings. The zero-order valence-electron chi connectivity index (χ0n) is 14.2. The number of carboxylic acid groups (broad SMARTS) is 1. The summed E-state index contributed by atoms with van der Waals surface area (Å²) in [5, 5.41) is 9.33. The van der Waals surface area contributed by atoms with Crippen LogP contribution in [-0.4, -0.2) is 53.1 Å². The molecule has 136 valence electrons. The molecule has 7 nitrogen and oxygen atoms in total. The number of carbonyl (C=O) groups excluding carboxylic acids is 1. The normalized spacial score (nSPS) is 17.8. The van der Waals surface area contributed by atoms with Crippen molar-refractivity contribution in [1.82, 2.24) is 9.47 Å². The Labute approximate surface area is 148 Å². The second-order valence-corrected chi connectivity index (χ2v) is 6.87. The lowest BCUT2D eigenvalue weighted by Gasteiger charge is -2.33. The van der Waals surface area contributed by atoms with Gasteiger partial charge in [-0.15, -0.1) is 0 Å². The summed E-state index contributed by atoms with van der Waals surface area (Å²) in [5.74, 6) is -2.05. The largest absolute Gasteiger partial charge is 0.477 e. The zero-order valence-corrected chi connectivity index (χ0v) is 14.2. The van der Waals surface area contributed by atoms with E-state index in [1.165, 1.54) is 6.20 Å². The van der Waals surface area contributed by atoms with Crippen LogP contribution in [0, 0.1) is 5.82 Å². The molecule has 1 N–H and O–H groups in total. The van der Waals surface area contributed by atoms with Crippen LogP contribution in [0.4, 0.5) is 10.1 Å². The van der Waals surface area contributed by atoms with E-state index in [0.717, 1.165) is 18.9 Å². The summed E-state index contributed by atoms with van der Waals surface area (Å²) < 4.78 is 16.5. The number of hydrogen-bond acceptors (Lipinski definition) is 4. The molecule has 1 amide bonds. The first kappa shape index (κ1) is 16.6.